The molecule has 2 N–H and O–H groups in total. The van der Waals surface area contributed by atoms with Crippen LogP contribution >= 0.6 is 11.8 Å². The van der Waals surface area contributed by atoms with Gasteiger partial charge < -0.3 is 10.4 Å². The van der Waals surface area contributed by atoms with E-state index in [9.17, 15) is 9.90 Å². The smallest absolute Gasteiger partial charge is 0.220 e. The molecule has 0 radical (unpaired) electrons. The number of phenolic OH excluding ortho intramolecular Hbond substituents is 1. The van der Waals surface area contributed by atoms with Crippen LogP contribution in [0.1, 0.15) is 38.2 Å². The van der Waals surface area contributed by atoms with Gasteiger partial charge in [0.15, 0.2) is 0 Å². The van der Waals surface area contributed by atoms with Gasteiger partial charge in [-0.3, -0.25) is 4.79 Å². The van der Waals surface area contributed by atoms with E-state index in [-0.39, 0.29) is 11.7 Å². The van der Waals surface area contributed by atoms with Crippen LogP contribution in [0.2, 0.25) is 0 Å². The molecule has 0 saturated heterocycles. The Morgan fingerprint density at radius 3 is 2.95 bits per heavy atom. The standard InChI is InChI=1S/C16H23NO2S/c1-2-20-15-9-5-7-13(15)17-16(19)11-10-12-6-3-4-8-14(12)18/h3-4,6,8,13,15,18H,2,5,7,9-11H2,1H3,(H,17,19)/t13-,15-/m0/s1. The normalized spacial score (nSPS) is 21.9. The Bertz CT molecular complexity index is 450. The van der Waals surface area contributed by atoms with Crippen molar-refractivity contribution in [3.63, 3.8) is 0 Å². The van der Waals surface area contributed by atoms with E-state index in [4.69, 9.17) is 0 Å². The highest BCUT2D eigenvalue weighted by atomic mass is 32.2. The monoisotopic (exact) mass is 293 g/mol. The van der Waals surface area contributed by atoms with E-state index in [1.54, 1.807) is 12.1 Å². The van der Waals surface area contributed by atoms with Gasteiger partial charge in [-0.1, -0.05) is 31.5 Å². The summed E-state index contributed by atoms with van der Waals surface area (Å²) in [5.74, 6) is 1.48. The summed E-state index contributed by atoms with van der Waals surface area (Å²) in [5, 5.41) is 13.4. The first-order valence-corrected chi connectivity index (χ1v) is 8.43. The van der Waals surface area contributed by atoms with Gasteiger partial charge in [0, 0.05) is 17.7 Å². The van der Waals surface area contributed by atoms with E-state index in [2.05, 4.69) is 12.2 Å². The molecule has 1 aromatic carbocycles. The van der Waals surface area contributed by atoms with Gasteiger partial charge >= 0.3 is 0 Å². The SMILES string of the molecule is CCS[C@H]1CCC[C@@H]1NC(=O)CCc1ccccc1O. The van der Waals surface area contributed by atoms with E-state index in [1.165, 1.54) is 12.8 Å². The molecule has 4 heteroatoms. The van der Waals surface area contributed by atoms with Crippen LogP contribution in [0.15, 0.2) is 24.3 Å². The van der Waals surface area contributed by atoms with E-state index in [0.29, 0.717) is 24.1 Å². The third kappa shape index (κ3) is 4.17. The van der Waals surface area contributed by atoms with Gasteiger partial charge in [0.05, 0.1) is 0 Å². The van der Waals surface area contributed by atoms with Gasteiger partial charge in [0.25, 0.3) is 0 Å². The van der Waals surface area contributed by atoms with Gasteiger partial charge in [0.2, 0.25) is 5.91 Å². The third-order valence-corrected chi connectivity index (χ3v) is 5.12. The Labute approximate surface area is 125 Å². The van der Waals surface area contributed by atoms with Crippen molar-refractivity contribution in [2.45, 2.75) is 50.3 Å². The summed E-state index contributed by atoms with van der Waals surface area (Å²) >= 11 is 1.95. The molecule has 0 bridgehead atoms. The number of hydrogen-bond donors (Lipinski definition) is 2. The number of para-hydroxylation sites is 1. The summed E-state index contributed by atoms with van der Waals surface area (Å²) in [6, 6.07) is 7.55. The zero-order chi connectivity index (χ0) is 14.4. The predicted octanol–water partition coefficient (Wildman–Crippen LogP) is 3.12. The second-order valence-corrected chi connectivity index (χ2v) is 6.74. The summed E-state index contributed by atoms with van der Waals surface area (Å²) in [4.78, 5) is 12.0. The number of carbonyl (C=O) groups is 1. The molecule has 0 aromatic heterocycles. The lowest BCUT2D eigenvalue weighted by molar-refractivity contribution is -0.121. The largest absolute Gasteiger partial charge is 0.508 e. The molecule has 0 aliphatic heterocycles. The lowest BCUT2D eigenvalue weighted by Gasteiger charge is -2.20. The van der Waals surface area contributed by atoms with Crippen LogP contribution < -0.4 is 5.32 Å². The number of aryl methyl sites for hydroxylation is 1. The van der Waals surface area contributed by atoms with Gasteiger partial charge in [-0.15, -0.1) is 0 Å². The highest BCUT2D eigenvalue weighted by Crippen LogP contribution is 2.30. The van der Waals surface area contributed by atoms with Gasteiger partial charge in [-0.2, -0.15) is 11.8 Å². The number of rotatable bonds is 6. The van der Waals surface area contributed by atoms with E-state index >= 15 is 0 Å². The maximum atomic E-state index is 12.0. The number of hydrogen-bond acceptors (Lipinski definition) is 3. The van der Waals surface area contributed by atoms with Crippen LogP contribution in [-0.2, 0) is 11.2 Å². The van der Waals surface area contributed by atoms with Crippen molar-refractivity contribution >= 4 is 17.7 Å². The zero-order valence-corrected chi connectivity index (χ0v) is 12.8. The van der Waals surface area contributed by atoms with Crippen LogP contribution in [0.25, 0.3) is 0 Å². The third-order valence-electron chi connectivity index (χ3n) is 3.79. The first-order chi connectivity index (χ1) is 9.70. The average molecular weight is 293 g/mol. The van der Waals surface area contributed by atoms with Crippen LogP contribution in [0.5, 0.6) is 5.75 Å². The summed E-state index contributed by atoms with van der Waals surface area (Å²) in [6.07, 6.45) is 4.55. The molecule has 3 nitrogen and oxygen atoms in total. The summed E-state index contributed by atoms with van der Waals surface area (Å²) in [6.45, 7) is 2.17. The first kappa shape index (κ1) is 15.2. The predicted molar refractivity (Wildman–Crippen MR) is 84.1 cm³/mol. The molecule has 0 heterocycles. The average Bonchev–Trinajstić information content (AvgIpc) is 2.86. The molecule has 110 valence electrons. The molecule has 1 aliphatic carbocycles. The highest BCUT2D eigenvalue weighted by molar-refractivity contribution is 7.99. The molecule has 20 heavy (non-hydrogen) atoms. The molecule has 1 aromatic rings. The summed E-state index contributed by atoms with van der Waals surface area (Å²) in [5.41, 5.74) is 0.841. The Kier molecular flexibility index (Phi) is 5.77. The lowest BCUT2D eigenvalue weighted by Crippen LogP contribution is -2.38. The maximum Gasteiger partial charge on any atom is 0.220 e. The topological polar surface area (TPSA) is 49.3 Å². The number of aromatic hydroxyl groups is 1. The molecule has 1 fully saturated rings. The minimum absolute atomic E-state index is 0.0989. The number of benzene rings is 1. The molecule has 2 rings (SSSR count). The first-order valence-electron chi connectivity index (χ1n) is 7.38. The van der Waals surface area contributed by atoms with Crippen molar-refractivity contribution in [2.75, 3.05) is 5.75 Å². The summed E-state index contributed by atoms with van der Waals surface area (Å²) < 4.78 is 0. The number of thioether (sulfide) groups is 1. The van der Waals surface area contributed by atoms with Gasteiger partial charge in [-0.05, 0) is 36.6 Å². The van der Waals surface area contributed by atoms with Crippen molar-refractivity contribution in [1.29, 1.82) is 0 Å². The Morgan fingerprint density at radius 1 is 1.40 bits per heavy atom. The van der Waals surface area contributed by atoms with Gasteiger partial charge in [-0.25, -0.2) is 0 Å². The number of nitrogens with one attached hydrogen (secondary N) is 1. The van der Waals surface area contributed by atoms with Crippen molar-refractivity contribution in [1.82, 2.24) is 5.32 Å². The molecular formula is C16H23NO2S. The van der Waals surface area contributed by atoms with Crippen LogP contribution in [0, 0.1) is 0 Å². The van der Waals surface area contributed by atoms with Crippen LogP contribution in [-0.4, -0.2) is 28.1 Å². The Balaban J connectivity index is 1.79. The van der Waals surface area contributed by atoms with Crippen molar-refractivity contribution in [3.8, 4) is 5.75 Å². The fourth-order valence-electron chi connectivity index (χ4n) is 2.75. The van der Waals surface area contributed by atoms with E-state index in [0.717, 1.165) is 17.7 Å². The minimum atomic E-state index is 0.0989. The van der Waals surface area contributed by atoms with Crippen molar-refractivity contribution in [3.05, 3.63) is 29.8 Å². The summed E-state index contributed by atoms with van der Waals surface area (Å²) in [7, 11) is 0. The molecule has 1 aliphatic rings. The van der Waals surface area contributed by atoms with Crippen LogP contribution in [0.4, 0.5) is 0 Å². The lowest BCUT2D eigenvalue weighted by atomic mass is 10.1. The van der Waals surface area contributed by atoms with Crippen molar-refractivity contribution < 1.29 is 9.90 Å². The molecule has 0 unspecified atom stereocenters. The number of amides is 1. The van der Waals surface area contributed by atoms with E-state index < -0.39 is 0 Å². The van der Waals surface area contributed by atoms with Gasteiger partial charge in [0.1, 0.15) is 5.75 Å². The fourth-order valence-corrected chi connectivity index (χ4v) is 3.95. The highest BCUT2D eigenvalue weighted by Gasteiger charge is 2.28. The minimum Gasteiger partial charge on any atom is -0.508 e. The quantitative estimate of drug-likeness (QED) is 0.847. The molecule has 1 saturated carbocycles. The molecular weight excluding hydrogens is 270 g/mol. The fraction of sp³-hybridized carbons (Fsp3) is 0.562. The molecule has 2 atom stereocenters. The molecule has 0 spiro atoms. The Morgan fingerprint density at radius 2 is 2.20 bits per heavy atom. The second-order valence-electron chi connectivity index (χ2n) is 5.23. The van der Waals surface area contributed by atoms with E-state index in [1.807, 2.05) is 23.9 Å². The Hall–Kier alpha value is -1.16. The number of carbonyl (C=O) groups excluding carboxylic acids is 1. The molecule has 1 amide bonds. The maximum absolute atomic E-state index is 12.0. The second kappa shape index (κ2) is 7.58. The van der Waals surface area contributed by atoms with Crippen LogP contribution in [0.3, 0.4) is 0 Å². The van der Waals surface area contributed by atoms with Crippen molar-refractivity contribution in [2.24, 2.45) is 0 Å². The number of phenols is 1. The zero-order valence-electron chi connectivity index (χ0n) is 12.0.